The zero-order chi connectivity index (χ0) is 13.5. The standard InChI is InChI=1S/C9H11FN2O5S/c10-6-7(13)11-9(15)12(8(6)14)3-5-1-2-18(16,17)4-5/h5,14H,1-4H2,(H,11,13,15). The van der Waals surface area contributed by atoms with Gasteiger partial charge in [0.2, 0.25) is 11.7 Å². The smallest absolute Gasteiger partial charge is 0.331 e. The molecule has 0 saturated carbocycles. The first-order chi connectivity index (χ1) is 8.30. The molecular formula is C9H11FN2O5S. The molecule has 1 saturated heterocycles. The fourth-order valence-corrected chi connectivity index (χ4v) is 3.83. The highest BCUT2D eigenvalue weighted by Crippen LogP contribution is 2.21. The van der Waals surface area contributed by atoms with Crippen molar-refractivity contribution < 1.29 is 17.9 Å². The Morgan fingerprint density at radius 1 is 1.44 bits per heavy atom. The van der Waals surface area contributed by atoms with E-state index in [2.05, 4.69) is 0 Å². The zero-order valence-electron chi connectivity index (χ0n) is 9.22. The molecule has 0 aromatic carbocycles. The Morgan fingerprint density at radius 2 is 2.11 bits per heavy atom. The maximum Gasteiger partial charge on any atom is 0.331 e. The summed E-state index contributed by atoms with van der Waals surface area (Å²) >= 11 is 0. The van der Waals surface area contributed by atoms with Gasteiger partial charge in [-0.1, -0.05) is 0 Å². The number of hydrogen-bond donors (Lipinski definition) is 2. The van der Waals surface area contributed by atoms with Gasteiger partial charge in [0.1, 0.15) is 0 Å². The molecule has 2 N–H and O–H groups in total. The average Bonchev–Trinajstić information content (AvgIpc) is 2.61. The van der Waals surface area contributed by atoms with E-state index >= 15 is 0 Å². The second-order valence-corrected chi connectivity index (χ2v) is 6.51. The van der Waals surface area contributed by atoms with Crippen LogP contribution in [-0.4, -0.2) is 34.6 Å². The summed E-state index contributed by atoms with van der Waals surface area (Å²) < 4.78 is 36.2. The Kier molecular flexibility index (Phi) is 3.01. The van der Waals surface area contributed by atoms with Gasteiger partial charge in [0, 0.05) is 6.54 Å². The highest BCUT2D eigenvalue weighted by molar-refractivity contribution is 7.91. The normalized spacial score (nSPS) is 22.2. The highest BCUT2D eigenvalue weighted by Gasteiger charge is 2.29. The van der Waals surface area contributed by atoms with Gasteiger partial charge in [-0.15, -0.1) is 0 Å². The Morgan fingerprint density at radius 3 is 2.67 bits per heavy atom. The van der Waals surface area contributed by atoms with E-state index < -0.39 is 32.8 Å². The van der Waals surface area contributed by atoms with Crippen LogP contribution in [0.2, 0.25) is 0 Å². The van der Waals surface area contributed by atoms with Crippen molar-refractivity contribution in [3.05, 3.63) is 26.7 Å². The molecule has 0 bridgehead atoms. The SMILES string of the molecule is O=c1[nH]c(=O)n(CC2CCS(=O)(=O)C2)c(O)c1F. The lowest BCUT2D eigenvalue weighted by molar-refractivity contribution is 0.339. The third kappa shape index (κ3) is 2.30. The number of sulfone groups is 1. The minimum absolute atomic E-state index is 0.0129. The molecule has 0 radical (unpaired) electrons. The van der Waals surface area contributed by atoms with E-state index in [1.807, 2.05) is 0 Å². The first-order valence-corrected chi connectivity index (χ1v) is 7.04. The van der Waals surface area contributed by atoms with Crippen LogP contribution in [0.15, 0.2) is 9.59 Å². The Labute approximate surface area is 101 Å². The minimum atomic E-state index is -3.12. The Hall–Kier alpha value is -1.64. The minimum Gasteiger partial charge on any atom is -0.492 e. The third-order valence-electron chi connectivity index (χ3n) is 2.88. The van der Waals surface area contributed by atoms with Crippen molar-refractivity contribution in [3.8, 4) is 5.88 Å². The fourth-order valence-electron chi connectivity index (χ4n) is 1.98. The van der Waals surface area contributed by atoms with Crippen molar-refractivity contribution in [2.75, 3.05) is 11.5 Å². The van der Waals surface area contributed by atoms with Crippen LogP contribution in [0, 0.1) is 11.7 Å². The molecule has 2 rings (SSSR count). The molecule has 1 aromatic heterocycles. The number of aromatic nitrogens is 2. The average molecular weight is 278 g/mol. The summed E-state index contributed by atoms with van der Waals surface area (Å²) in [5.41, 5.74) is -2.25. The Bertz CT molecular complexity index is 690. The van der Waals surface area contributed by atoms with Gasteiger partial charge >= 0.3 is 5.69 Å². The lowest BCUT2D eigenvalue weighted by Gasteiger charge is -2.11. The summed E-state index contributed by atoms with van der Waals surface area (Å²) in [7, 11) is -3.12. The quantitative estimate of drug-likeness (QED) is 0.707. The zero-order valence-corrected chi connectivity index (χ0v) is 10.0. The molecule has 1 aromatic rings. The summed E-state index contributed by atoms with van der Waals surface area (Å²) in [6.45, 7) is -0.141. The van der Waals surface area contributed by atoms with E-state index in [0.717, 1.165) is 0 Å². The summed E-state index contributed by atoms with van der Waals surface area (Å²) in [6, 6.07) is 0. The van der Waals surface area contributed by atoms with Crippen LogP contribution in [0.25, 0.3) is 0 Å². The lowest BCUT2D eigenvalue weighted by atomic mass is 10.1. The molecule has 1 aliphatic rings. The predicted octanol–water partition coefficient (Wildman–Crippen LogP) is -1.18. The molecular weight excluding hydrogens is 267 g/mol. The van der Waals surface area contributed by atoms with Crippen LogP contribution in [0.3, 0.4) is 0 Å². The third-order valence-corrected chi connectivity index (χ3v) is 4.72. The highest BCUT2D eigenvalue weighted by atomic mass is 32.2. The van der Waals surface area contributed by atoms with Crippen LogP contribution in [0.1, 0.15) is 6.42 Å². The van der Waals surface area contributed by atoms with Crippen LogP contribution >= 0.6 is 0 Å². The maximum absolute atomic E-state index is 13.1. The molecule has 7 nitrogen and oxygen atoms in total. The first kappa shape index (κ1) is 12.8. The van der Waals surface area contributed by atoms with Crippen molar-refractivity contribution in [3.63, 3.8) is 0 Å². The van der Waals surface area contributed by atoms with Gasteiger partial charge in [0.25, 0.3) is 5.56 Å². The van der Waals surface area contributed by atoms with E-state index in [9.17, 15) is 27.5 Å². The molecule has 0 aliphatic carbocycles. The molecule has 9 heteroatoms. The molecule has 1 atom stereocenters. The summed E-state index contributed by atoms with van der Waals surface area (Å²) in [6.07, 6.45) is 0.342. The first-order valence-electron chi connectivity index (χ1n) is 5.22. The van der Waals surface area contributed by atoms with Gasteiger partial charge in [0.05, 0.1) is 11.5 Å². The van der Waals surface area contributed by atoms with Gasteiger partial charge in [-0.05, 0) is 12.3 Å². The number of hydrogen-bond acceptors (Lipinski definition) is 5. The largest absolute Gasteiger partial charge is 0.492 e. The number of nitrogens with one attached hydrogen (secondary N) is 1. The van der Waals surface area contributed by atoms with Crippen LogP contribution < -0.4 is 11.2 Å². The number of rotatable bonds is 2. The molecule has 0 amide bonds. The monoisotopic (exact) mass is 278 g/mol. The van der Waals surface area contributed by atoms with Crippen molar-refractivity contribution in [1.29, 1.82) is 0 Å². The molecule has 100 valence electrons. The van der Waals surface area contributed by atoms with Gasteiger partial charge < -0.3 is 5.11 Å². The second-order valence-electron chi connectivity index (χ2n) is 4.28. The number of aromatic amines is 1. The van der Waals surface area contributed by atoms with E-state index in [0.29, 0.717) is 11.0 Å². The number of halogens is 1. The number of nitrogens with zero attached hydrogens (tertiary/aromatic N) is 1. The van der Waals surface area contributed by atoms with E-state index in [1.54, 1.807) is 4.98 Å². The second kappa shape index (κ2) is 4.23. The van der Waals surface area contributed by atoms with Gasteiger partial charge in [0.15, 0.2) is 9.84 Å². The summed E-state index contributed by atoms with van der Waals surface area (Å²) in [5.74, 6) is -2.98. The van der Waals surface area contributed by atoms with E-state index in [1.165, 1.54) is 0 Å². The van der Waals surface area contributed by atoms with E-state index in [4.69, 9.17) is 0 Å². The topological polar surface area (TPSA) is 109 Å². The fraction of sp³-hybridized carbons (Fsp3) is 0.556. The molecule has 2 heterocycles. The molecule has 1 fully saturated rings. The van der Waals surface area contributed by atoms with Gasteiger partial charge in [-0.25, -0.2) is 13.2 Å². The van der Waals surface area contributed by atoms with Crippen molar-refractivity contribution in [2.45, 2.75) is 13.0 Å². The van der Waals surface area contributed by atoms with E-state index in [-0.39, 0.29) is 24.0 Å². The van der Waals surface area contributed by atoms with Crippen LogP contribution in [-0.2, 0) is 16.4 Å². The molecule has 18 heavy (non-hydrogen) atoms. The van der Waals surface area contributed by atoms with Crippen molar-refractivity contribution in [2.24, 2.45) is 5.92 Å². The van der Waals surface area contributed by atoms with Gasteiger partial charge in [-0.2, -0.15) is 4.39 Å². The molecule has 1 aliphatic heterocycles. The Balaban J connectivity index is 2.34. The number of aromatic hydroxyl groups is 1. The van der Waals surface area contributed by atoms with Crippen LogP contribution in [0.4, 0.5) is 4.39 Å². The predicted molar refractivity (Wildman–Crippen MR) is 59.7 cm³/mol. The summed E-state index contributed by atoms with van der Waals surface area (Å²) in [5, 5.41) is 9.37. The van der Waals surface area contributed by atoms with Crippen LogP contribution in [0.5, 0.6) is 5.88 Å². The molecule has 1 unspecified atom stereocenters. The lowest BCUT2D eigenvalue weighted by Crippen LogP contribution is -2.33. The van der Waals surface area contributed by atoms with Crippen molar-refractivity contribution in [1.82, 2.24) is 9.55 Å². The molecule has 0 spiro atoms. The van der Waals surface area contributed by atoms with Gasteiger partial charge in [-0.3, -0.25) is 14.3 Å². The maximum atomic E-state index is 13.1. The van der Waals surface area contributed by atoms with Crippen molar-refractivity contribution >= 4 is 9.84 Å². The summed E-state index contributed by atoms with van der Waals surface area (Å²) in [4.78, 5) is 24.0. The number of H-pyrrole nitrogens is 1.